The van der Waals surface area contributed by atoms with Crippen molar-refractivity contribution in [3.05, 3.63) is 22.4 Å². The average Bonchev–Trinajstić information content (AvgIpc) is 2.15. The monoisotopic (exact) mass is 279 g/mol. The molecule has 0 spiro atoms. The van der Waals surface area contributed by atoms with Crippen LogP contribution >= 0.6 is 11.6 Å². The maximum absolute atomic E-state index is 11.3. The summed E-state index contributed by atoms with van der Waals surface area (Å²) < 4.78 is 27.2. The molecule has 0 saturated heterocycles. The van der Waals surface area contributed by atoms with Gasteiger partial charge in [-0.05, 0) is 12.1 Å². The molecule has 0 aliphatic rings. The van der Waals surface area contributed by atoms with Crippen LogP contribution in [0.4, 0.5) is 5.69 Å². The Bertz CT molecular complexity index is 557. The number of anilines is 1. The molecular formula is C8H8ClN2O5S-. The number of hydrogen-bond acceptors (Lipinski definition) is 6. The molecular weight excluding hydrogens is 272 g/mol. The maximum Gasteiger partial charge on any atom is 0.308 e. The summed E-state index contributed by atoms with van der Waals surface area (Å²) in [5.74, 6) is -1.32. The third-order valence-corrected chi connectivity index (χ3v) is 3.11. The number of nitrogens with one attached hydrogen (secondary N) is 1. The van der Waals surface area contributed by atoms with Gasteiger partial charge in [-0.2, -0.15) is 0 Å². The molecule has 1 aromatic rings. The van der Waals surface area contributed by atoms with E-state index in [1.165, 1.54) is 11.5 Å². The predicted octanol–water partition coefficient (Wildman–Crippen LogP) is 0.822. The molecule has 9 heteroatoms. The summed E-state index contributed by atoms with van der Waals surface area (Å²) in [7, 11) is -4.23. The number of primary sulfonamides is 1. The molecule has 0 bridgehead atoms. The van der Waals surface area contributed by atoms with Gasteiger partial charge in [-0.1, -0.05) is 11.6 Å². The zero-order valence-electron chi connectivity index (χ0n) is 8.56. The van der Waals surface area contributed by atoms with E-state index in [1.54, 1.807) is 0 Å². The van der Waals surface area contributed by atoms with Crippen LogP contribution < -0.4 is 15.4 Å². The summed E-state index contributed by atoms with van der Waals surface area (Å²) >= 11 is 5.65. The van der Waals surface area contributed by atoms with E-state index in [0.717, 1.165) is 13.0 Å². The van der Waals surface area contributed by atoms with Gasteiger partial charge in [0, 0.05) is 6.92 Å². The first-order chi connectivity index (χ1) is 7.77. The summed E-state index contributed by atoms with van der Waals surface area (Å²) in [5.41, 5.74) is 1.18. The zero-order chi connectivity index (χ0) is 13.2. The molecule has 0 aliphatic carbocycles. The molecule has 0 atom stereocenters. The summed E-state index contributed by atoms with van der Waals surface area (Å²) in [6.45, 7) is 1.04. The highest BCUT2D eigenvalue weighted by Crippen LogP contribution is 2.37. The van der Waals surface area contributed by atoms with Crippen LogP contribution in [-0.4, -0.2) is 14.4 Å². The third kappa shape index (κ3) is 3.07. The Morgan fingerprint density at radius 3 is 2.53 bits per heavy atom. The van der Waals surface area contributed by atoms with Crippen molar-refractivity contribution in [2.24, 2.45) is 5.14 Å². The van der Waals surface area contributed by atoms with Gasteiger partial charge in [-0.25, -0.2) is 13.6 Å². The molecule has 0 aromatic heterocycles. The smallest absolute Gasteiger partial charge is 0.308 e. The molecule has 94 valence electrons. The fourth-order valence-corrected chi connectivity index (χ4v) is 2.35. The van der Waals surface area contributed by atoms with Crippen molar-refractivity contribution in [2.45, 2.75) is 11.8 Å². The van der Waals surface area contributed by atoms with Gasteiger partial charge in [0.1, 0.15) is 4.90 Å². The first-order valence-electron chi connectivity index (χ1n) is 4.19. The van der Waals surface area contributed by atoms with Crippen LogP contribution in [0.2, 0.25) is 5.02 Å². The number of halogens is 1. The molecule has 17 heavy (non-hydrogen) atoms. The highest BCUT2D eigenvalue weighted by atomic mass is 35.5. The van der Waals surface area contributed by atoms with Gasteiger partial charge in [0.05, 0.1) is 10.7 Å². The van der Waals surface area contributed by atoms with E-state index in [2.05, 4.69) is 4.74 Å². The quantitative estimate of drug-likeness (QED) is 0.480. The number of hydrogen-bond donors (Lipinski definition) is 2. The fourth-order valence-electron chi connectivity index (χ4n) is 1.13. The number of nitrogens with two attached hydrogens (primary N) is 1. The Hall–Kier alpha value is -1.35. The van der Waals surface area contributed by atoms with Crippen molar-refractivity contribution in [1.29, 1.82) is 0 Å². The minimum absolute atomic E-state index is 0.247. The Morgan fingerprint density at radius 2 is 2.12 bits per heavy atom. The van der Waals surface area contributed by atoms with Crippen molar-refractivity contribution >= 4 is 33.3 Å². The Morgan fingerprint density at radius 1 is 1.53 bits per heavy atom. The second-order valence-corrected chi connectivity index (χ2v) is 4.90. The average molecular weight is 280 g/mol. The van der Waals surface area contributed by atoms with Gasteiger partial charge < -0.3 is 15.4 Å². The SMILES string of the molecule is CC(=O)Oc1c(N[O-])ccc(Cl)c1S(N)(=O)=O. The van der Waals surface area contributed by atoms with Crippen LogP contribution in [0.25, 0.3) is 0 Å². The van der Waals surface area contributed by atoms with Crippen molar-refractivity contribution in [1.82, 2.24) is 0 Å². The highest BCUT2D eigenvalue weighted by molar-refractivity contribution is 7.89. The number of carbonyl (C=O) groups excluding carboxylic acids is 1. The van der Waals surface area contributed by atoms with Crippen molar-refractivity contribution < 1.29 is 17.9 Å². The first kappa shape index (κ1) is 13.7. The molecule has 0 fully saturated rings. The lowest BCUT2D eigenvalue weighted by Crippen LogP contribution is -2.16. The topological polar surface area (TPSA) is 122 Å². The van der Waals surface area contributed by atoms with Gasteiger partial charge in [-0.15, -0.1) is 0 Å². The van der Waals surface area contributed by atoms with Gasteiger partial charge in [0.15, 0.2) is 5.75 Å². The lowest BCUT2D eigenvalue weighted by Gasteiger charge is -2.17. The van der Waals surface area contributed by atoms with Crippen LogP contribution in [0.3, 0.4) is 0 Å². The van der Waals surface area contributed by atoms with Gasteiger partial charge in [0.25, 0.3) is 0 Å². The maximum atomic E-state index is 11.3. The number of rotatable bonds is 3. The van der Waals surface area contributed by atoms with Crippen LogP contribution in [0.15, 0.2) is 17.0 Å². The van der Waals surface area contributed by atoms with E-state index in [0.29, 0.717) is 0 Å². The predicted molar refractivity (Wildman–Crippen MR) is 61.1 cm³/mol. The lowest BCUT2D eigenvalue weighted by molar-refractivity contribution is -0.132. The van der Waals surface area contributed by atoms with E-state index < -0.39 is 26.6 Å². The van der Waals surface area contributed by atoms with Crippen molar-refractivity contribution in [3.63, 3.8) is 0 Å². The molecule has 0 unspecified atom stereocenters. The van der Waals surface area contributed by atoms with E-state index in [9.17, 15) is 18.4 Å². The van der Waals surface area contributed by atoms with E-state index in [4.69, 9.17) is 16.7 Å². The van der Waals surface area contributed by atoms with E-state index >= 15 is 0 Å². The van der Waals surface area contributed by atoms with Gasteiger partial charge in [-0.3, -0.25) is 4.79 Å². The van der Waals surface area contributed by atoms with E-state index in [1.807, 2.05) is 0 Å². The minimum Gasteiger partial charge on any atom is -0.761 e. The van der Waals surface area contributed by atoms with Crippen molar-refractivity contribution in [2.75, 3.05) is 5.48 Å². The Balaban J connectivity index is 3.59. The molecule has 0 saturated carbocycles. The Kier molecular flexibility index (Phi) is 3.94. The summed E-state index contributed by atoms with van der Waals surface area (Å²) in [6.07, 6.45) is 0. The van der Waals surface area contributed by atoms with Crippen LogP contribution in [-0.2, 0) is 14.8 Å². The molecule has 1 aromatic carbocycles. The van der Waals surface area contributed by atoms with Gasteiger partial charge in [0.2, 0.25) is 10.0 Å². The number of ether oxygens (including phenoxy) is 1. The fraction of sp³-hybridized carbons (Fsp3) is 0.125. The number of benzene rings is 1. The molecule has 0 amide bonds. The lowest BCUT2D eigenvalue weighted by atomic mass is 10.3. The first-order valence-corrected chi connectivity index (χ1v) is 6.11. The molecule has 1 rings (SSSR count). The number of esters is 1. The normalized spacial score (nSPS) is 11.1. The van der Waals surface area contributed by atoms with Crippen LogP contribution in [0.5, 0.6) is 5.75 Å². The number of sulfonamides is 1. The van der Waals surface area contributed by atoms with Gasteiger partial charge >= 0.3 is 5.97 Å². The standard InChI is InChI=1S/C8H8ClN2O5S/c1-4(12)16-7-6(11-13)3-2-5(9)8(7)17(10,14)15/h2-3,11H,1H3,(H2,10,14,15)/q-1. The third-order valence-electron chi connectivity index (χ3n) is 1.70. The summed E-state index contributed by atoms with van der Waals surface area (Å²) in [5, 5.41) is 15.3. The largest absolute Gasteiger partial charge is 0.761 e. The zero-order valence-corrected chi connectivity index (χ0v) is 10.1. The van der Waals surface area contributed by atoms with Crippen LogP contribution in [0, 0.1) is 5.21 Å². The highest BCUT2D eigenvalue weighted by Gasteiger charge is 2.23. The molecule has 0 aliphatic heterocycles. The molecule has 0 radical (unpaired) electrons. The molecule has 0 heterocycles. The van der Waals surface area contributed by atoms with Crippen molar-refractivity contribution in [3.8, 4) is 5.75 Å². The summed E-state index contributed by atoms with van der Waals surface area (Å²) in [6, 6.07) is 2.32. The summed E-state index contributed by atoms with van der Waals surface area (Å²) in [4.78, 5) is 10.2. The second-order valence-electron chi connectivity index (χ2n) is 2.99. The minimum atomic E-state index is -4.23. The Labute approximate surface area is 102 Å². The molecule has 7 nitrogen and oxygen atoms in total. The van der Waals surface area contributed by atoms with E-state index in [-0.39, 0.29) is 10.7 Å². The second kappa shape index (κ2) is 4.88. The van der Waals surface area contributed by atoms with Crippen LogP contribution in [0.1, 0.15) is 6.92 Å². The number of carbonyl (C=O) groups is 1. The molecule has 3 N–H and O–H groups in total.